The largest absolute Gasteiger partial charge is 0.477 e. The molecule has 107 heavy (non-hydrogen) atoms. The Bertz CT molecular complexity index is 2500. The van der Waals surface area contributed by atoms with Crippen molar-refractivity contribution in [1.82, 2.24) is 16.0 Å². The van der Waals surface area contributed by atoms with Crippen molar-refractivity contribution in [2.45, 2.75) is 385 Å². The van der Waals surface area contributed by atoms with Crippen LogP contribution in [-0.4, -0.2) is 321 Å². The molecule has 5 fully saturated rings. The van der Waals surface area contributed by atoms with E-state index in [1.807, 2.05) is 6.08 Å². The zero-order valence-electron chi connectivity index (χ0n) is 62.8. The molecule has 0 saturated carbocycles. The third kappa shape index (κ3) is 29.2. The van der Waals surface area contributed by atoms with Crippen LogP contribution < -0.4 is 16.0 Å². The molecule has 20 N–H and O–H groups in total. The number of hydrogen-bond donors (Lipinski definition) is 20. The summed E-state index contributed by atoms with van der Waals surface area (Å²) in [7, 11) is 0. The fraction of sp³-hybridized carbons (Fsp3) is 0.918. The quantitative estimate of drug-likeness (QED) is 0.0255. The molecule has 9 unspecified atom stereocenters. The van der Waals surface area contributed by atoms with Crippen molar-refractivity contribution in [3.05, 3.63) is 12.2 Å². The highest BCUT2D eigenvalue weighted by atomic mass is 16.8. The van der Waals surface area contributed by atoms with Crippen molar-refractivity contribution in [2.75, 3.05) is 39.6 Å². The van der Waals surface area contributed by atoms with Crippen LogP contribution in [0.3, 0.4) is 0 Å². The van der Waals surface area contributed by atoms with Crippen LogP contribution in [0.25, 0.3) is 0 Å². The molecule has 34 nitrogen and oxygen atoms in total. The van der Waals surface area contributed by atoms with Gasteiger partial charge in [-0.1, -0.05) is 180 Å². The maximum Gasteiger partial charge on any atom is 0.364 e. The van der Waals surface area contributed by atoms with Gasteiger partial charge in [0, 0.05) is 26.7 Å². The Morgan fingerprint density at radius 1 is 0.486 bits per heavy atom. The number of rotatable bonds is 52. The lowest BCUT2D eigenvalue weighted by molar-refractivity contribution is -0.403. The number of carboxylic acids is 1. The van der Waals surface area contributed by atoms with Crippen LogP contribution in [0.2, 0.25) is 0 Å². The molecule has 3 amide bonds. The summed E-state index contributed by atoms with van der Waals surface area (Å²) in [4.78, 5) is 53.0. The molecule has 0 radical (unpaired) electrons. The van der Waals surface area contributed by atoms with Gasteiger partial charge in [0.15, 0.2) is 25.2 Å². The van der Waals surface area contributed by atoms with Gasteiger partial charge < -0.3 is 150 Å². The molecule has 0 aromatic rings. The number of aliphatic hydroxyl groups excluding tert-OH is 16. The second-order valence-corrected chi connectivity index (χ2v) is 29.3. The van der Waals surface area contributed by atoms with Gasteiger partial charge in [0.2, 0.25) is 17.7 Å². The average molecular weight is 1550 g/mol. The average Bonchev–Trinajstić information content (AvgIpc) is 0.750. The van der Waals surface area contributed by atoms with E-state index in [2.05, 4.69) is 29.8 Å². The fourth-order valence-corrected chi connectivity index (χ4v) is 14.3. The Labute approximate surface area is 627 Å². The molecule has 34 heteroatoms. The van der Waals surface area contributed by atoms with E-state index >= 15 is 0 Å². The summed E-state index contributed by atoms with van der Waals surface area (Å²) in [5.41, 5.74) is 0. The first-order chi connectivity index (χ1) is 51.3. The van der Waals surface area contributed by atoms with Crippen molar-refractivity contribution >= 4 is 23.7 Å². The zero-order valence-corrected chi connectivity index (χ0v) is 62.8. The van der Waals surface area contributed by atoms with Crippen LogP contribution in [-0.2, 0) is 66.5 Å². The number of amides is 3. The molecule has 5 heterocycles. The van der Waals surface area contributed by atoms with E-state index in [-0.39, 0.29) is 12.3 Å². The standard InChI is InChI=1S/C73H131N3O31/c1-5-7-9-11-13-15-17-19-20-22-24-26-28-30-32-34-52(87)76-44(45(84)33-31-29-27-25-23-21-18-16-14-12-10-8-6-2)41-98-69-61(94)59(92)63(50(39-80)101-69)103-71-62(95)67(107-73(72(96)97)35-46(85)53(74-42(3)82)66(106-73)55(88)47(86)36-77)64(51(40-81)102-71)104-68-54(75-43(4)83)65(57(90)49(38-79)99-68)105-70-60(93)58(91)56(89)48(37-78)100-70/h31,33,44-51,53-71,77-81,84-86,88-95H,5-30,32,34-41H2,1-4H3,(H,74,82)(H,75,83)(H,76,87)(H,96,97)/b33-31+/t44-,45+,46+,47+,48-,49-,50-,51?,53+,54?,55-,56-,57-,58?,59?,60?,61?,62?,63+,64-,65?,66?,67+,68+,69+,70-,71-,73-/m0/s1. The first-order valence-electron chi connectivity index (χ1n) is 39.1. The number of aliphatic carboxylic acids is 1. The molecular weight excluding hydrogens is 1410 g/mol. The molecule has 0 aliphatic carbocycles. The van der Waals surface area contributed by atoms with Crippen LogP contribution in [0.4, 0.5) is 0 Å². The summed E-state index contributed by atoms with van der Waals surface area (Å²) in [5, 5.41) is 197. The molecule has 5 rings (SSSR count). The van der Waals surface area contributed by atoms with E-state index < -0.39 is 235 Å². The number of aliphatic hydroxyl groups is 16. The maximum atomic E-state index is 13.8. The van der Waals surface area contributed by atoms with Crippen molar-refractivity contribution in [3.63, 3.8) is 0 Å². The highest BCUT2D eigenvalue weighted by Gasteiger charge is 2.62. The van der Waals surface area contributed by atoms with Gasteiger partial charge >= 0.3 is 5.97 Å². The van der Waals surface area contributed by atoms with E-state index in [1.54, 1.807) is 6.08 Å². The van der Waals surface area contributed by atoms with Crippen molar-refractivity contribution < 1.29 is 153 Å². The van der Waals surface area contributed by atoms with Crippen LogP contribution in [0.5, 0.6) is 0 Å². The van der Waals surface area contributed by atoms with Gasteiger partial charge in [-0.25, -0.2) is 4.79 Å². The highest BCUT2D eigenvalue weighted by molar-refractivity contribution is 5.77. The minimum Gasteiger partial charge on any atom is -0.477 e. The second kappa shape index (κ2) is 49.9. The Balaban J connectivity index is 1.40. The lowest BCUT2D eigenvalue weighted by atomic mass is 9.88. The number of unbranched alkanes of at least 4 members (excludes halogenated alkanes) is 25. The topological polar surface area (TPSA) is 541 Å². The number of carboxylic acid groups (broad SMARTS) is 1. The summed E-state index contributed by atoms with van der Waals surface area (Å²) in [5.74, 6) is -7.71. The Morgan fingerprint density at radius 3 is 1.44 bits per heavy atom. The lowest BCUT2D eigenvalue weighted by Gasteiger charge is -2.52. The van der Waals surface area contributed by atoms with E-state index in [4.69, 9.17) is 47.4 Å². The number of nitrogens with one attached hydrogen (secondary N) is 3. The van der Waals surface area contributed by atoms with Crippen LogP contribution in [0.15, 0.2) is 12.2 Å². The van der Waals surface area contributed by atoms with E-state index in [1.165, 1.54) is 103 Å². The van der Waals surface area contributed by atoms with E-state index in [0.29, 0.717) is 12.8 Å². The number of hydrogen-bond acceptors (Lipinski definition) is 30. The fourth-order valence-electron chi connectivity index (χ4n) is 14.3. The number of carbonyl (C=O) groups excluding carboxylic acids is 3. The normalized spacial score (nSPS) is 34.6. The monoisotopic (exact) mass is 1550 g/mol. The Morgan fingerprint density at radius 2 is 0.925 bits per heavy atom. The summed E-state index contributed by atoms with van der Waals surface area (Å²) in [6.07, 6.45) is -16.8. The summed E-state index contributed by atoms with van der Waals surface area (Å²) in [6, 6.07) is -4.81. The van der Waals surface area contributed by atoms with Crippen molar-refractivity contribution in [1.29, 1.82) is 0 Å². The third-order valence-corrected chi connectivity index (χ3v) is 20.6. The molecule has 5 aliphatic heterocycles. The SMILES string of the molecule is CCCCCCCCCCCCC/C=C/[C@@H](O)[C@H](CO[C@@H]1O[C@@H](CO)[C@@H](O[C@@H]2OC(CO)[C@H](O[C@H]3O[C@@H](CO)[C@H](O)C(O[C@@H]4O[C@@H](CO)[C@H](O)C(O)C4O)C3NC(C)=O)[C@H](O[C@]3(C(=O)O)C[C@@H](O)[C@@H](NC(C)=O)C([C@@H](O)[C@H](O)CO)O3)C2O)C(O)C1O)NC(=O)CCCCCCCCCCCCCCCCC. The Kier molecular flexibility index (Phi) is 44.0. The summed E-state index contributed by atoms with van der Waals surface area (Å²) >= 11 is 0. The molecule has 0 spiro atoms. The molecule has 0 bridgehead atoms. The molecule has 5 aliphatic rings. The van der Waals surface area contributed by atoms with E-state index in [0.717, 1.165) is 71.6 Å². The minimum atomic E-state index is -3.38. The van der Waals surface area contributed by atoms with Gasteiger partial charge in [-0.3, -0.25) is 14.4 Å². The van der Waals surface area contributed by atoms with Crippen LogP contribution in [0.1, 0.15) is 214 Å². The van der Waals surface area contributed by atoms with Gasteiger partial charge in [0.05, 0.1) is 63.9 Å². The van der Waals surface area contributed by atoms with Crippen LogP contribution in [0, 0.1) is 0 Å². The van der Waals surface area contributed by atoms with Gasteiger partial charge in [-0.15, -0.1) is 0 Å². The third-order valence-electron chi connectivity index (χ3n) is 20.6. The molecule has 624 valence electrons. The Hall–Kier alpha value is -3.42. The van der Waals surface area contributed by atoms with Gasteiger partial charge in [0.1, 0.15) is 116 Å². The molecular formula is C73H131N3O31. The predicted octanol–water partition coefficient (Wildman–Crippen LogP) is -1.04. The van der Waals surface area contributed by atoms with Crippen molar-refractivity contribution in [3.8, 4) is 0 Å². The molecule has 28 atom stereocenters. The van der Waals surface area contributed by atoms with Crippen LogP contribution >= 0.6 is 0 Å². The molecule has 0 aromatic carbocycles. The first kappa shape index (κ1) is 94.2. The van der Waals surface area contributed by atoms with Gasteiger partial charge in [-0.05, 0) is 19.3 Å². The molecule has 0 aromatic heterocycles. The first-order valence-corrected chi connectivity index (χ1v) is 39.1. The van der Waals surface area contributed by atoms with Gasteiger partial charge in [0.25, 0.3) is 5.79 Å². The minimum absolute atomic E-state index is 0.135. The highest BCUT2D eigenvalue weighted by Crippen LogP contribution is 2.41. The van der Waals surface area contributed by atoms with Crippen molar-refractivity contribution in [2.24, 2.45) is 0 Å². The van der Waals surface area contributed by atoms with Gasteiger partial charge in [-0.2, -0.15) is 0 Å². The number of ether oxygens (including phenoxy) is 10. The number of allylic oxidation sites excluding steroid dienone is 1. The zero-order chi connectivity index (χ0) is 78.8. The van der Waals surface area contributed by atoms with E-state index in [9.17, 15) is 106 Å². The molecule has 5 saturated heterocycles. The lowest BCUT2D eigenvalue weighted by Crippen LogP contribution is -2.72. The predicted molar refractivity (Wildman–Crippen MR) is 378 cm³/mol. The smallest absolute Gasteiger partial charge is 0.364 e. The second-order valence-electron chi connectivity index (χ2n) is 29.3. The summed E-state index contributed by atoms with van der Waals surface area (Å²) < 4.78 is 60.1. The number of carbonyl (C=O) groups is 4. The summed E-state index contributed by atoms with van der Waals surface area (Å²) in [6.45, 7) is 0.317. The maximum absolute atomic E-state index is 13.8.